The smallest absolute Gasteiger partial charge is 0.313 e. The molecule has 4 nitrogen and oxygen atoms in total. The van der Waals surface area contributed by atoms with Crippen molar-refractivity contribution in [1.82, 2.24) is 10.0 Å². The second-order valence-electron chi connectivity index (χ2n) is 5.25. The molecule has 1 aliphatic heterocycles. The van der Waals surface area contributed by atoms with Crippen molar-refractivity contribution in [3.8, 4) is 0 Å². The summed E-state index contributed by atoms with van der Waals surface area (Å²) in [5.41, 5.74) is -1.16. The fourth-order valence-corrected chi connectivity index (χ4v) is 3.96. The number of alkyl halides is 3. The Bertz CT molecular complexity index is 649. The van der Waals surface area contributed by atoms with E-state index in [1.165, 1.54) is 0 Å². The summed E-state index contributed by atoms with van der Waals surface area (Å²) >= 11 is 5.50. The van der Waals surface area contributed by atoms with Crippen LogP contribution >= 0.6 is 11.6 Å². The zero-order valence-corrected chi connectivity index (χ0v) is 13.3. The van der Waals surface area contributed by atoms with Crippen LogP contribution in [0.4, 0.5) is 13.2 Å². The van der Waals surface area contributed by atoms with E-state index in [0.29, 0.717) is 12.5 Å². The molecule has 0 amide bonds. The van der Waals surface area contributed by atoms with Crippen LogP contribution in [-0.2, 0) is 16.2 Å². The summed E-state index contributed by atoms with van der Waals surface area (Å²) in [4.78, 5) is -0.443. The number of halogens is 4. The molecule has 0 bridgehead atoms. The molecule has 0 aromatic heterocycles. The summed E-state index contributed by atoms with van der Waals surface area (Å²) in [6.45, 7) is 2.62. The predicted octanol–water partition coefficient (Wildman–Crippen LogP) is 2.78. The van der Waals surface area contributed by atoms with E-state index in [9.17, 15) is 21.6 Å². The van der Waals surface area contributed by atoms with Crippen molar-refractivity contribution < 1.29 is 21.6 Å². The molecule has 22 heavy (non-hydrogen) atoms. The van der Waals surface area contributed by atoms with E-state index in [2.05, 4.69) is 10.0 Å². The Balaban J connectivity index is 2.30. The van der Waals surface area contributed by atoms with Crippen molar-refractivity contribution in [3.63, 3.8) is 0 Å². The first kappa shape index (κ1) is 17.5. The van der Waals surface area contributed by atoms with E-state index in [4.69, 9.17) is 11.6 Å². The fraction of sp³-hybridized carbons (Fsp3) is 0.538. The number of sulfonamides is 1. The Morgan fingerprint density at radius 3 is 2.64 bits per heavy atom. The number of rotatable bonds is 3. The summed E-state index contributed by atoms with van der Waals surface area (Å²) in [5, 5.41) is 2.59. The van der Waals surface area contributed by atoms with Gasteiger partial charge in [-0.15, -0.1) is 0 Å². The van der Waals surface area contributed by atoms with Gasteiger partial charge in [0.05, 0.1) is 15.5 Å². The van der Waals surface area contributed by atoms with Crippen LogP contribution in [0.3, 0.4) is 0 Å². The maximum Gasteiger partial charge on any atom is 0.417 e. The molecule has 0 saturated carbocycles. The molecule has 9 heteroatoms. The summed E-state index contributed by atoms with van der Waals surface area (Å²) in [6, 6.07) is 2.13. The third-order valence-corrected chi connectivity index (χ3v) is 5.44. The molecule has 1 heterocycles. The van der Waals surface area contributed by atoms with E-state index in [1.54, 1.807) is 0 Å². The number of benzene rings is 1. The van der Waals surface area contributed by atoms with Crippen LogP contribution < -0.4 is 10.0 Å². The minimum atomic E-state index is -4.71. The van der Waals surface area contributed by atoms with Crippen LogP contribution in [-0.4, -0.2) is 27.0 Å². The lowest BCUT2D eigenvalue weighted by Crippen LogP contribution is -2.51. The molecule has 2 N–H and O–H groups in total. The van der Waals surface area contributed by atoms with Gasteiger partial charge in [0.2, 0.25) is 10.0 Å². The van der Waals surface area contributed by atoms with Gasteiger partial charge >= 0.3 is 6.18 Å². The molecule has 1 saturated heterocycles. The van der Waals surface area contributed by atoms with Crippen LogP contribution in [0.2, 0.25) is 5.02 Å². The number of hydrogen-bond donors (Lipinski definition) is 2. The molecule has 1 fully saturated rings. The highest BCUT2D eigenvalue weighted by Crippen LogP contribution is 2.36. The Kier molecular flexibility index (Phi) is 5.06. The summed E-state index contributed by atoms with van der Waals surface area (Å²) in [7, 11) is -4.04. The summed E-state index contributed by atoms with van der Waals surface area (Å²) in [6.07, 6.45) is -3.28. The van der Waals surface area contributed by atoms with Crippen molar-refractivity contribution >= 4 is 21.6 Å². The maximum absolute atomic E-state index is 12.8. The molecular formula is C13H16ClF3N2O2S. The first-order chi connectivity index (χ1) is 10.1. The molecule has 124 valence electrons. The molecule has 1 aromatic carbocycles. The van der Waals surface area contributed by atoms with Gasteiger partial charge in [0.1, 0.15) is 0 Å². The number of piperidine rings is 1. The van der Waals surface area contributed by atoms with Crippen LogP contribution in [0.1, 0.15) is 25.3 Å². The Hall–Kier alpha value is -0.830. The van der Waals surface area contributed by atoms with Crippen molar-refractivity contribution in [2.45, 2.75) is 42.9 Å². The quantitative estimate of drug-likeness (QED) is 0.875. The van der Waals surface area contributed by atoms with E-state index in [-0.39, 0.29) is 12.1 Å². The SMILES string of the molecule is CC1NCCCC1NS(=O)(=O)c1ccc(Cl)c(C(F)(F)F)c1. The molecule has 0 radical (unpaired) electrons. The average Bonchev–Trinajstić information content (AvgIpc) is 2.40. The average molecular weight is 357 g/mol. The second kappa shape index (κ2) is 6.35. The molecule has 1 aliphatic rings. The van der Waals surface area contributed by atoms with E-state index in [0.717, 1.165) is 25.1 Å². The van der Waals surface area contributed by atoms with Crippen molar-refractivity contribution in [3.05, 3.63) is 28.8 Å². The number of nitrogens with one attached hydrogen (secondary N) is 2. The highest BCUT2D eigenvalue weighted by Gasteiger charge is 2.35. The van der Waals surface area contributed by atoms with Crippen molar-refractivity contribution in [2.75, 3.05) is 6.54 Å². The van der Waals surface area contributed by atoms with E-state index in [1.807, 2.05) is 6.92 Å². The predicted molar refractivity (Wildman–Crippen MR) is 77.3 cm³/mol. The van der Waals surface area contributed by atoms with Gasteiger partial charge in [-0.2, -0.15) is 13.2 Å². The van der Waals surface area contributed by atoms with E-state index < -0.39 is 31.7 Å². The highest BCUT2D eigenvalue weighted by atomic mass is 35.5. The second-order valence-corrected chi connectivity index (χ2v) is 7.37. The minimum Gasteiger partial charge on any atom is -0.313 e. The first-order valence-corrected chi connectivity index (χ1v) is 8.60. The highest BCUT2D eigenvalue weighted by molar-refractivity contribution is 7.89. The van der Waals surface area contributed by atoms with Crippen molar-refractivity contribution in [2.24, 2.45) is 0 Å². The normalized spacial score (nSPS) is 23.5. The zero-order chi connectivity index (χ0) is 16.5. The number of hydrogen-bond acceptors (Lipinski definition) is 3. The van der Waals surface area contributed by atoms with Gasteiger partial charge in [-0.3, -0.25) is 0 Å². The summed E-state index contributed by atoms with van der Waals surface area (Å²) in [5.74, 6) is 0. The third kappa shape index (κ3) is 3.92. The maximum atomic E-state index is 12.8. The third-order valence-electron chi connectivity index (χ3n) is 3.62. The van der Waals surface area contributed by atoms with Crippen molar-refractivity contribution in [1.29, 1.82) is 0 Å². The summed E-state index contributed by atoms with van der Waals surface area (Å²) < 4.78 is 65.5. The van der Waals surface area contributed by atoms with Gasteiger partial charge in [0.25, 0.3) is 0 Å². The van der Waals surface area contributed by atoms with Gasteiger partial charge in [-0.1, -0.05) is 11.6 Å². The van der Waals surface area contributed by atoms with Gasteiger partial charge < -0.3 is 5.32 Å². The van der Waals surface area contributed by atoms with Crippen LogP contribution in [0.5, 0.6) is 0 Å². The van der Waals surface area contributed by atoms with Gasteiger partial charge in [0, 0.05) is 12.1 Å². The molecular weight excluding hydrogens is 341 g/mol. The lowest BCUT2D eigenvalue weighted by atomic mass is 10.0. The lowest BCUT2D eigenvalue weighted by molar-refractivity contribution is -0.137. The molecule has 1 aromatic rings. The van der Waals surface area contributed by atoms with E-state index >= 15 is 0 Å². The Labute approximate surface area is 132 Å². The molecule has 2 unspecified atom stereocenters. The van der Waals surface area contributed by atoms with Crippen LogP contribution in [0, 0.1) is 0 Å². The molecule has 0 spiro atoms. The molecule has 2 atom stereocenters. The fourth-order valence-electron chi connectivity index (χ4n) is 2.36. The monoisotopic (exact) mass is 356 g/mol. The lowest BCUT2D eigenvalue weighted by Gasteiger charge is -2.30. The van der Waals surface area contributed by atoms with Gasteiger partial charge in [0.15, 0.2) is 0 Å². The Morgan fingerprint density at radius 2 is 2.05 bits per heavy atom. The molecule has 0 aliphatic carbocycles. The Morgan fingerprint density at radius 1 is 1.36 bits per heavy atom. The standard InChI is InChI=1S/C13H16ClF3N2O2S/c1-8-12(3-2-6-18-8)19-22(20,21)9-4-5-11(14)10(7-9)13(15,16)17/h4-5,7-8,12,18-19H,2-3,6H2,1H3. The van der Waals surface area contributed by atoms with Gasteiger partial charge in [-0.25, -0.2) is 13.1 Å². The first-order valence-electron chi connectivity index (χ1n) is 6.74. The molecule has 2 rings (SSSR count). The zero-order valence-electron chi connectivity index (χ0n) is 11.7. The topological polar surface area (TPSA) is 58.2 Å². The van der Waals surface area contributed by atoms with Gasteiger partial charge in [-0.05, 0) is 44.5 Å². The largest absolute Gasteiger partial charge is 0.417 e. The minimum absolute atomic E-state index is 0.0853. The van der Waals surface area contributed by atoms with Crippen LogP contribution in [0.15, 0.2) is 23.1 Å². The van der Waals surface area contributed by atoms with Crippen LogP contribution in [0.25, 0.3) is 0 Å².